The first-order valence-corrected chi connectivity index (χ1v) is 5.98. The standard InChI is InChI=1S/C11H14F6N2O/c1-2-19-9(5-18,7-3-4-7)6-20-8(10(12,13)14)11(15,16)17/h7-8,19H,2-4,6H2,1H3. The Labute approximate surface area is 111 Å². The van der Waals surface area contributed by atoms with Crippen molar-refractivity contribution in [2.45, 2.75) is 43.8 Å². The number of hydrogen-bond donors (Lipinski definition) is 1. The molecule has 116 valence electrons. The topological polar surface area (TPSA) is 45.0 Å². The Morgan fingerprint density at radius 2 is 1.70 bits per heavy atom. The molecule has 1 fully saturated rings. The van der Waals surface area contributed by atoms with E-state index in [0.717, 1.165) is 0 Å². The summed E-state index contributed by atoms with van der Waals surface area (Å²) in [6, 6.07) is 1.77. The van der Waals surface area contributed by atoms with E-state index < -0.39 is 30.6 Å². The molecule has 1 atom stereocenters. The molecule has 0 aromatic heterocycles. The number of nitrogens with zero attached hydrogens (tertiary/aromatic N) is 1. The molecular formula is C11H14F6N2O. The zero-order valence-corrected chi connectivity index (χ0v) is 10.6. The van der Waals surface area contributed by atoms with E-state index in [1.807, 2.05) is 0 Å². The summed E-state index contributed by atoms with van der Waals surface area (Å²) in [7, 11) is 0. The highest BCUT2D eigenvalue weighted by molar-refractivity contribution is 5.15. The first-order chi connectivity index (χ1) is 9.07. The second-order valence-electron chi connectivity index (χ2n) is 4.66. The number of ether oxygens (including phenoxy) is 1. The molecule has 1 aliphatic carbocycles. The van der Waals surface area contributed by atoms with Crippen LogP contribution in [0.5, 0.6) is 0 Å². The SMILES string of the molecule is CCNC(C#N)(COC(C(F)(F)F)C(F)(F)F)C1CC1. The van der Waals surface area contributed by atoms with E-state index in [4.69, 9.17) is 5.26 Å². The number of nitrogens with one attached hydrogen (secondary N) is 1. The maximum atomic E-state index is 12.3. The first-order valence-electron chi connectivity index (χ1n) is 5.98. The molecule has 0 heterocycles. The average molecular weight is 304 g/mol. The van der Waals surface area contributed by atoms with Crippen molar-refractivity contribution in [3.63, 3.8) is 0 Å². The number of likely N-dealkylation sites (N-methyl/N-ethyl adjacent to an activating group) is 1. The van der Waals surface area contributed by atoms with Gasteiger partial charge in [0.1, 0.15) is 5.54 Å². The highest BCUT2D eigenvalue weighted by Gasteiger charge is 2.59. The molecule has 1 saturated carbocycles. The molecule has 1 aliphatic rings. The van der Waals surface area contributed by atoms with Crippen molar-refractivity contribution < 1.29 is 31.1 Å². The minimum Gasteiger partial charge on any atom is -0.358 e. The van der Waals surface area contributed by atoms with Gasteiger partial charge in [0, 0.05) is 0 Å². The largest absolute Gasteiger partial charge is 0.423 e. The summed E-state index contributed by atoms with van der Waals surface area (Å²) in [5.41, 5.74) is -1.50. The van der Waals surface area contributed by atoms with Gasteiger partial charge in [0.25, 0.3) is 0 Å². The Bertz CT molecular complexity index is 357. The van der Waals surface area contributed by atoms with Crippen molar-refractivity contribution in [2.24, 2.45) is 5.92 Å². The minimum absolute atomic E-state index is 0.246. The molecule has 0 bridgehead atoms. The van der Waals surface area contributed by atoms with E-state index in [9.17, 15) is 26.3 Å². The molecule has 1 N–H and O–H groups in total. The normalized spacial score (nSPS) is 19.8. The molecule has 1 unspecified atom stereocenters. The predicted molar refractivity (Wildman–Crippen MR) is 56.6 cm³/mol. The highest BCUT2D eigenvalue weighted by Crippen LogP contribution is 2.41. The molecule has 0 saturated heterocycles. The van der Waals surface area contributed by atoms with Crippen LogP contribution in [0.1, 0.15) is 19.8 Å². The monoisotopic (exact) mass is 304 g/mol. The second-order valence-corrected chi connectivity index (χ2v) is 4.66. The summed E-state index contributed by atoms with van der Waals surface area (Å²) >= 11 is 0. The third-order valence-electron chi connectivity index (χ3n) is 3.04. The van der Waals surface area contributed by atoms with Gasteiger partial charge in [0.15, 0.2) is 0 Å². The van der Waals surface area contributed by atoms with E-state index in [-0.39, 0.29) is 12.5 Å². The summed E-state index contributed by atoms with van der Waals surface area (Å²) in [6.07, 6.45) is -13.8. The lowest BCUT2D eigenvalue weighted by molar-refractivity contribution is -0.324. The molecule has 0 radical (unpaired) electrons. The maximum absolute atomic E-state index is 12.3. The highest BCUT2D eigenvalue weighted by atomic mass is 19.4. The van der Waals surface area contributed by atoms with Gasteiger partial charge >= 0.3 is 12.4 Å². The molecule has 3 nitrogen and oxygen atoms in total. The smallest absolute Gasteiger partial charge is 0.358 e. The molecule has 0 amide bonds. The number of alkyl halides is 6. The van der Waals surface area contributed by atoms with E-state index >= 15 is 0 Å². The third-order valence-corrected chi connectivity index (χ3v) is 3.04. The number of nitriles is 1. The molecule has 0 aromatic rings. The van der Waals surface area contributed by atoms with E-state index in [0.29, 0.717) is 12.8 Å². The van der Waals surface area contributed by atoms with Crippen molar-refractivity contribution in [1.29, 1.82) is 5.26 Å². The van der Waals surface area contributed by atoms with Crippen molar-refractivity contribution in [1.82, 2.24) is 5.32 Å². The fourth-order valence-electron chi connectivity index (χ4n) is 1.96. The van der Waals surface area contributed by atoms with Crippen LogP contribution in [0.3, 0.4) is 0 Å². The average Bonchev–Trinajstić information content (AvgIpc) is 3.08. The lowest BCUT2D eigenvalue weighted by atomic mass is 9.96. The summed E-state index contributed by atoms with van der Waals surface area (Å²) in [4.78, 5) is 0. The van der Waals surface area contributed by atoms with Gasteiger partial charge in [0.2, 0.25) is 6.10 Å². The Kier molecular flexibility index (Phi) is 4.92. The summed E-state index contributed by atoms with van der Waals surface area (Å²) in [6.45, 7) is 0.904. The van der Waals surface area contributed by atoms with Crippen LogP contribution in [0.4, 0.5) is 26.3 Å². The van der Waals surface area contributed by atoms with Crippen LogP contribution in [0.25, 0.3) is 0 Å². The molecule has 1 rings (SSSR count). The van der Waals surface area contributed by atoms with Crippen molar-refractivity contribution in [2.75, 3.05) is 13.2 Å². The van der Waals surface area contributed by atoms with Gasteiger partial charge in [-0.25, -0.2) is 0 Å². The number of hydrogen-bond acceptors (Lipinski definition) is 3. The third kappa shape index (κ3) is 3.99. The Morgan fingerprint density at radius 1 is 1.20 bits per heavy atom. The van der Waals surface area contributed by atoms with E-state index in [1.54, 1.807) is 13.0 Å². The fourth-order valence-corrected chi connectivity index (χ4v) is 1.96. The second kappa shape index (κ2) is 5.77. The molecule has 9 heteroatoms. The lowest BCUT2D eigenvalue weighted by Crippen LogP contribution is -2.54. The number of halogens is 6. The van der Waals surface area contributed by atoms with Gasteiger partial charge in [-0.2, -0.15) is 31.6 Å². The van der Waals surface area contributed by atoms with E-state index in [2.05, 4.69) is 10.1 Å². The summed E-state index contributed by atoms with van der Waals surface area (Å²) in [5.74, 6) is -0.283. The van der Waals surface area contributed by atoms with Gasteiger partial charge in [-0.3, -0.25) is 5.32 Å². The summed E-state index contributed by atoms with van der Waals surface area (Å²) < 4.78 is 78.1. The van der Waals surface area contributed by atoms with Crippen molar-refractivity contribution >= 4 is 0 Å². The van der Waals surface area contributed by atoms with E-state index in [1.165, 1.54) is 0 Å². The van der Waals surface area contributed by atoms with Crippen LogP contribution in [-0.4, -0.2) is 37.1 Å². The van der Waals surface area contributed by atoms with Crippen molar-refractivity contribution in [3.8, 4) is 6.07 Å². The molecule has 20 heavy (non-hydrogen) atoms. The van der Waals surface area contributed by atoms with Crippen LogP contribution in [0.2, 0.25) is 0 Å². The Morgan fingerprint density at radius 3 is 2.00 bits per heavy atom. The van der Waals surface area contributed by atoms with Gasteiger partial charge in [-0.05, 0) is 25.3 Å². The van der Waals surface area contributed by atoms with Gasteiger partial charge < -0.3 is 4.74 Å². The van der Waals surface area contributed by atoms with Crippen LogP contribution in [0.15, 0.2) is 0 Å². The van der Waals surface area contributed by atoms with Crippen molar-refractivity contribution in [3.05, 3.63) is 0 Å². The van der Waals surface area contributed by atoms with Gasteiger partial charge in [-0.1, -0.05) is 6.92 Å². The molecule has 0 aliphatic heterocycles. The maximum Gasteiger partial charge on any atom is 0.423 e. The summed E-state index contributed by atoms with van der Waals surface area (Å²) in [5, 5.41) is 11.7. The first kappa shape index (κ1) is 17.0. The van der Waals surface area contributed by atoms with Crippen LogP contribution in [-0.2, 0) is 4.74 Å². The van der Waals surface area contributed by atoms with Gasteiger partial charge in [-0.15, -0.1) is 0 Å². The predicted octanol–water partition coefficient (Wildman–Crippen LogP) is 2.78. The van der Waals surface area contributed by atoms with Crippen LogP contribution >= 0.6 is 0 Å². The molecule has 0 spiro atoms. The molecular weight excluding hydrogens is 290 g/mol. The quantitative estimate of drug-likeness (QED) is 0.768. The Hall–Kier alpha value is -1.01. The van der Waals surface area contributed by atoms with Gasteiger partial charge in [0.05, 0.1) is 12.7 Å². The minimum atomic E-state index is -5.56. The zero-order valence-electron chi connectivity index (χ0n) is 10.6. The van der Waals surface area contributed by atoms with Crippen LogP contribution < -0.4 is 5.32 Å². The zero-order chi connectivity index (χ0) is 15.6. The number of rotatable bonds is 6. The van der Waals surface area contributed by atoms with Crippen LogP contribution in [0, 0.1) is 17.2 Å². The lowest BCUT2D eigenvalue weighted by Gasteiger charge is -2.31. The Balaban J connectivity index is 2.82. The fraction of sp³-hybridized carbons (Fsp3) is 0.909. The molecule has 0 aromatic carbocycles.